The van der Waals surface area contributed by atoms with Gasteiger partial charge in [0, 0.05) is 43.4 Å². The van der Waals surface area contributed by atoms with Crippen molar-refractivity contribution in [3.8, 4) is 6.07 Å². The van der Waals surface area contributed by atoms with Crippen LogP contribution in [0.15, 0.2) is 36.5 Å². The van der Waals surface area contributed by atoms with Gasteiger partial charge in [0.2, 0.25) is 0 Å². The summed E-state index contributed by atoms with van der Waals surface area (Å²) in [6.45, 7) is 4.37. The lowest BCUT2D eigenvalue weighted by Gasteiger charge is -2.35. The lowest BCUT2D eigenvalue weighted by Crippen LogP contribution is -2.46. The predicted octanol–water partition coefficient (Wildman–Crippen LogP) is 1.88. The Morgan fingerprint density at radius 2 is 1.89 bits per heavy atom. The zero-order valence-electron chi connectivity index (χ0n) is 10.8. The second-order valence-corrected chi connectivity index (χ2v) is 4.77. The third-order valence-corrected chi connectivity index (χ3v) is 3.63. The number of anilines is 1. The van der Waals surface area contributed by atoms with Crippen LogP contribution in [0, 0.1) is 11.3 Å². The Morgan fingerprint density at radius 1 is 1.11 bits per heavy atom. The highest BCUT2D eigenvalue weighted by atomic mass is 15.3. The predicted molar refractivity (Wildman–Crippen MR) is 76.0 cm³/mol. The van der Waals surface area contributed by atoms with Gasteiger partial charge in [-0.05, 0) is 12.1 Å². The van der Waals surface area contributed by atoms with E-state index >= 15 is 0 Å². The number of fused-ring (bicyclic) bond motifs is 1. The molecular formula is C15H16N4. The maximum Gasteiger partial charge on any atom is 0.0867 e. The maximum atomic E-state index is 8.73. The quantitative estimate of drug-likeness (QED) is 0.765. The van der Waals surface area contributed by atoms with Crippen molar-refractivity contribution in [3.05, 3.63) is 36.5 Å². The number of hydrogen-bond acceptors (Lipinski definition) is 4. The van der Waals surface area contributed by atoms with E-state index in [9.17, 15) is 0 Å². The van der Waals surface area contributed by atoms with Crippen LogP contribution in [0.5, 0.6) is 0 Å². The highest BCUT2D eigenvalue weighted by Gasteiger charge is 2.18. The first-order chi connectivity index (χ1) is 9.38. The number of benzene rings is 1. The molecule has 1 aliphatic heterocycles. The molecule has 3 rings (SSSR count). The molecule has 1 aliphatic rings. The second kappa shape index (κ2) is 5.25. The molecule has 96 valence electrons. The van der Waals surface area contributed by atoms with Gasteiger partial charge in [-0.2, -0.15) is 5.26 Å². The van der Waals surface area contributed by atoms with Gasteiger partial charge in [0.05, 0.1) is 18.1 Å². The maximum absolute atomic E-state index is 8.73. The van der Waals surface area contributed by atoms with E-state index in [1.165, 1.54) is 11.1 Å². The van der Waals surface area contributed by atoms with Crippen molar-refractivity contribution in [2.75, 3.05) is 37.6 Å². The topological polar surface area (TPSA) is 43.2 Å². The van der Waals surface area contributed by atoms with Crippen molar-refractivity contribution in [2.24, 2.45) is 0 Å². The van der Waals surface area contributed by atoms with Crippen molar-refractivity contribution in [2.45, 2.75) is 0 Å². The van der Waals surface area contributed by atoms with E-state index in [2.05, 4.69) is 39.1 Å². The van der Waals surface area contributed by atoms with E-state index in [0.717, 1.165) is 31.7 Å². The smallest absolute Gasteiger partial charge is 0.0867 e. The standard InChI is InChI=1S/C15H16N4/c16-6-8-18-9-11-19(12-10-18)15-5-7-17-14-4-2-1-3-13(14)15/h1-5,7H,8-12H2. The van der Waals surface area contributed by atoms with Crippen LogP contribution in [0.25, 0.3) is 10.9 Å². The van der Waals surface area contributed by atoms with E-state index < -0.39 is 0 Å². The molecule has 0 bridgehead atoms. The van der Waals surface area contributed by atoms with Crippen molar-refractivity contribution in [3.63, 3.8) is 0 Å². The summed E-state index contributed by atoms with van der Waals surface area (Å²) in [6, 6.07) is 12.5. The van der Waals surface area contributed by atoms with Gasteiger partial charge in [-0.3, -0.25) is 9.88 Å². The monoisotopic (exact) mass is 252 g/mol. The van der Waals surface area contributed by atoms with Crippen LogP contribution >= 0.6 is 0 Å². The molecule has 0 spiro atoms. The molecule has 4 nitrogen and oxygen atoms in total. The Bertz CT molecular complexity index is 604. The van der Waals surface area contributed by atoms with Gasteiger partial charge in [0.25, 0.3) is 0 Å². The zero-order valence-corrected chi connectivity index (χ0v) is 10.8. The molecule has 1 fully saturated rings. The molecule has 0 aliphatic carbocycles. The molecular weight excluding hydrogens is 236 g/mol. The van der Waals surface area contributed by atoms with E-state index in [0.29, 0.717) is 6.54 Å². The van der Waals surface area contributed by atoms with Gasteiger partial charge in [-0.25, -0.2) is 0 Å². The Kier molecular flexibility index (Phi) is 3.30. The number of pyridine rings is 1. The Balaban J connectivity index is 1.84. The molecule has 0 unspecified atom stereocenters. The van der Waals surface area contributed by atoms with Gasteiger partial charge in [0.15, 0.2) is 0 Å². The summed E-state index contributed by atoms with van der Waals surface area (Å²) < 4.78 is 0. The van der Waals surface area contributed by atoms with Crippen LogP contribution in [0.1, 0.15) is 0 Å². The molecule has 0 N–H and O–H groups in total. The third kappa shape index (κ3) is 2.38. The number of para-hydroxylation sites is 1. The molecule has 1 saturated heterocycles. The number of hydrogen-bond donors (Lipinski definition) is 0. The zero-order chi connectivity index (χ0) is 13.1. The van der Waals surface area contributed by atoms with Gasteiger partial charge in [-0.15, -0.1) is 0 Å². The molecule has 0 radical (unpaired) electrons. The Morgan fingerprint density at radius 3 is 2.68 bits per heavy atom. The highest BCUT2D eigenvalue weighted by Crippen LogP contribution is 2.25. The average Bonchev–Trinajstić information content (AvgIpc) is 2.48. The van der Waals surface area contributed by atoms with E-state index in [4.69, 9.17) is 5.26 Å². The lowest BCUT2D eigenvalue weighted by molar-refractivity contribution is 0.287. The number of nitriles is 1. The van der Waals surface area contributed by atoms with E-state index in [1.807, 2.05) is 18.3 Å². The third-order valence-electron chi connectivity index (χ3n) is 3.63. The van der Waals surface area contributed by atoms with Gasteiger partial charge < -0.3 is 4.90 Å². The summed E-state index contributed by atoms with van der Waals surface area (Å²) in [4.78, 5) is 8.98. The summed E-state index contributed by atoms with van der Waals surface area (Å²) in [7, 11) is 0. The molecule has 1 aromatic carbocycles. The summed E-state index contributed by atoms with van der Waals surface area (Å²) in [5, 5.41) is 9.94. The van der Waals surface area contributed by atoms with Gasteiger partial charge in [0.1, 0.15) is 0 Å². The second-order valence-electron chi connectivity index (χ2n) is 4.77. The Hall–Kier alpha value is -2.12. The van der Waals surface area contributed by atoms with Gasteiger partial charge in [-0.1, -0.05) is 18.2 Å². The summed E-state index contributed by atoms with van der Waals surface area (Å²) in [5.74, 6) is 0. The van der Waals surface area contributed by atoms with Crippen molar-refractivity contribution < 1.29 is 0 Å². The molecule has 2 aromatic rings. The normalized spacial score (nSPS) is 16.5. The minimum atomic E-state index is 0.533. The minimum Gasteiger partial charge on any atom is -0.368 e. The van der Waals surface area contributed by atoms with Crippen LogP contribution in [0.2, 0.25) is 0 Å². The van der Waals surface area contributed by atoms with Crippen LogP contribution in [-0.2, 0) is 0 Å². The number of rotatable bonds is 2. The summed E-state index contributed by atoms with van der Waals surface area (Å²) in [5.41, 5.74) is 2.29. The molecule has 19 heavy (non-hydrogen) atoms. The van der Waals surface area contributed by atoms with Crippen molar-refractivity contribution in [1.29, 1.82) is 5.26 Å². The van der Waals surface area contributed by atoms with E-state index in [1.54, 1.807) is 0 Å². The van der Waals surface area contributed by atoms with Crippen LogP contribution in [0.4, 0.5) is 5.69 Å². The molecule has 4 heteroatoms. The van der Waals surface area contributed by atoms with Crippen molar-refractivity contribution in [1.82, 2.24) is 9.88 Å². The average molecular weight is 252 g/mol. The van der Waals surface area contributed by atoms with Crippen LogP contribution in [0.3, 0.4) is 0 Å². The van der Waals surface area contributed by atoms with Crippen molar-refractivity contribution >= 4 is 16.6 Å². The summed E-state index contributed by atoms with van der Waals surface area (Å²) in [6.07, 6.45) is 1.87. The van der Waals surface area contributed by atoms with Crippen LogP contribution < -0.4 is 4.90 Å². The van der Waals surface area contributed by atoms with E-state index in [-0.39, 0.29) is 0 Å². The first-order valence-electron chi connectivity index (χ1n) is 6.56. The van der Waals surface area contributed by atoms with Crippen LogP contribution in [-0.4, -0.2) is 42.6 Å². The van der Waals surface area contributed by atoms with Gasteiger partial charge >= 0.3 is 0 Å². The fourth-order valence-corrected chi connectivity index (χ4v) is 2.60. The fraction of sp³-hybridized carbons (Fsp3) is 0.333. The first kappa shape index (κ1) is 11.9. The lowest BCUT2D eigenvalue weighted by atomic mass is 10.1. The minimum absolute atomic E-state index is 0.533. The number of aromatic nitrogens is 1. The SMILES string of the molecule is N#CCN1CCN(c2ccnc3ccccc23)CC1. The largest absolute Gasteiger partial charge is 0.368 e. The molecule has 0 amide bonds. The first-order valence-corrected chi connectivity index (χ1v) is 6.56. The number of piperazine rings is 1. The Labute approximate surface area is 112 Å². The molecule has 1 aromatic heterocycles. The number of nitrogens with zero attached hydrogens (tertiary/aromatic N) is 4. The fourth-order valence-electron chi connectivity index (χ4n) is 2.60. The molecule has 0 atom stereocenters. The highest BCUT2D eigenvalue weighted by molar-refractivity contribution is 5.91. The molecule has 2 heterocycles. The molecule has 0 saturated carbocycles. The summed E-state index contributed by atoms with van der Waals surface area (Å²) >= 11 is 0.